The third-order valence-electron chi connectivity index (χ3n) is 3.39. The molecule has 1 aromatic carbocycles. The Kier molecular flexibility index (Phi) is 3.78. The van der Waals surface area contributed by atoms with Gasteiger partial charge in [-0.05, 0) is 40.5 Å². The van der Waals surface area contributed by atoms with Crippen LogP contribution in [-0.2, 0) is 6.54 Å². The van der Waals surface area contributed by atoms with E-state index in [9.17, 15) is 4.39 Å². The minimum absolute atomic E-state index is 0.123. The van der Waals surface area contributed by atoms with Crippen LogP contribution in [0.3, 0.4) is 0 Å². The minimum Gasteiger partial charge on any atom is -0.396 e. The van der Waals surface area contributed by atoms with Crippen LogP contribution in [0.15, 0.2) is 18.2 Å². The van der Waals surface area contributed by atoms with E-state index >= 15 is 0 Å². The number of anilines is 1. The molecule has 0 saturated heterocycles. The Labute approximate surface area is 111 Å². The van der Waals surface area contributed by atoms with Gasteiger partial charge in [0.2, 0.25) is 0 Å². The van der Waals surface area contributed by atoms with Gasteiger partial charge in [-0.25, -0.2) is 9.07 Å². The van der Waals surface area contributed by atoms with Crippen LogP contribution in [0.4, 0.5) is 10.1 Å². The maximum absolute atomic E-state index is 13.5. The molecular weight excluding hydrogens is 245 g/mol. The Morgan fingerprint density at radius 1 is 1.32 bits per heavy atom. The SMILES string of the molecule is CC(C)C(C)Cn1nnnc1-c1ccc(N)c(F)c1. The Morgan fingerprint density at radius 2 is 2.05 bits per heavy atom. The highest BCUT2D eigenvalue weighted by molar-refractivity contribution is 5.58. The van der Waals surface area contributed by atoms with Crippen molar-refractivity contribution >= 4 is 5.69 Å². The lowest BCUT2D eigenvalue weighted by Crippen LogP contribution is -2.15. The number of nitrogens with zero attached hydrogens (tertiary/aromatic N) is 4. The van der Waals surface area contributed by atoms with E-state index < -0.39 is 5.82 Å². The number of nitrogen functional groups attached to an aromatic ring is 1. The first-order chi connectivity index (χ1) is 8.99. The second-order valence-electron chi connectivity index (χ2n) is 5.14. The molecule has 0 radical (unpaired) electrons. The van der Waals surface area contributed by atoms with Crippen LogP contribution in [0.1, 0.15) is 20.8 Å². The van der Waals surface area contributed by atoms with Gasteiger partial charge in [-0.15, -0.1) is 5.10 Å². The van der Waals surface area contributed by atoms with Gasteiger partial charge in [0.1, 0.15) is 5.82 Å². The van der Waals surface area contributed by atoms with E-state index in [-0.39, 0.29) is 5.69 Å². The average molecular weight is 263 g/mol. The third kappa shape index (κ3) is 2.89. The van der Waals surface area contributed by atoms with Gasteiger partial charge < -0.3 is 5.73 Å². The monoisotopic (exact) mass is 263 g/mol. The highest BCUT2D eigenvalue weighted by atomic mass is 19.1. The normalized spacial score (nSPS) is 12.9. The number of benzene rings is 1. The molecule has 0 spiro atoms. The first-order valence-electron chi connectivity index (χ1n) is 6.30. The largest absolute Gasteiger partial charge is 0.396 e. The summed E-state index contributed by atoms with van der Waals surface area (Å²) < 4.78 is 15.2. The predicted octanol–water partition coefficient (Wildman–Crippen LogP) is 2.35. The van der Waals surface area contributed by atoms with Gasteiger partial charge in [-0.3, -0.25) is 0 Å². The van der Waals surface area contributed by atoms with E-state index in [0.717, 1.165) is 0 Å². The van der Waals surface area contributed by atoms with Crippen molar-refractivity contribution in [3.8, 4) is 11.4 Å². The van der Waals surface area contributed by atoms with Crippen LogP contribution in [0.25, 0.3) is 11.4 Å². The van der Waals surface area contributed by atoms with Gasteiger partial charge in [-0.2, -0.15) is 0 Å². The summed E-state index contributed by atoms with van der Waals surface area (Å²) in [6.07, 6.45) is 0. The molecule has 1 heterocycles. The molecule has 1 atom stereocenters. The van der Waals surface area contributed by atoms with Crippen molar-refractivity contribution in [2.75, 3.05) is 5.73 Å². The molecule has 0 bridgehead atoms. The molecule has 2 aromatic rings. The van der Waals surface area contributed by atoms with Crippen molar-refractivity contribution in [1.82, 2.24) is 20.2 Å². The van der Waals surface area contributed by atoms with Gasteiger partial charge in [0.25, 0.3) is 0 Å². The highest BCUT2D eigenvalue weighted by Gasteiger charge is 2.15. The van der Waals surface area contributed by atoms with Crippen LogP contribution in [0.2, 0.25) is 0 Å². The Bertz CT molecular complexity index is 564. The molecule has 1 aromatic heterocycles. The third-order valence-corrected chi connectivity index (χ3v) is 3.39. The fourth-order valence-electron chi connectivity index (χ4n) is 1.68. The first kappa shape index (κ1) is 13.5. The van der Waals surface area contributed by atoms with Gasteiger partial charge in [0.05, 0.1) is 5.69 Å². The van der Waals surface area contributed by atoms with Crippen molar-refractivity contribution in [3.63, 3.8) is 0 Å². The summed E-state index contributed by atoms with van der Waals surface area (Å²) >= 11 is 0. The van der Waals surface area contributed by atoms with Crippen LogP contribution >= 0.6 is 0 Å². The lowest BCUT2D eigenvalue weighted by Gasteiger charge is -2.15. The summed E-state index contributed by atoms with van der Waals surface area (Å²) in [7, 11) is 0. The molecule has 1 unspecified atom stereocenters. The highest BCUT2D eigenvalue weighted by Crippen LogP contribution is 2.22. The van der Waals surface area contributed by atoms with Crippen LogP contribution in [0, 0.1) is 17.7 Å². The Hall–Kier alpha value is -1.98. The number of hydrogen-bond acceptors (Lipinski definition) is 4. The lowest BCUT2D eigenvalue weighted by atomic mass is 9.98. The van der Waals surface area contributed by atoms with Crippen molar-refractivity contribution in [1.29, 1.82) is 0 Å². The Balaban J connectivity index is 2.30. The molecule has 0 amide bonds. The van der Waals surface area contributed by atoms with Gasteiger partial charge >= 0.3 is 0 Å². The molecule has 0 saturated carbocycles. The number of aromatic nitrogens is 4. The molecule has 0 fully saturated rings. The molecule has 6 heteroatoms. The van der Waals surface area contributed by atoms with E-state index in [0.29, 0.717) is 29.8 Å². The maximum Gasteiger partial charge on any atom is 0.182 e. The molecule has 102 valence electrons. The molecule has 0 aliphatic heterocycles. The van der Waals surface area contributed by atoms with E-state index in [4.69, 9.17) is 5.73 Å². The summed E-state index contributed by atoms with van der Waals surface area (Å²) in [5.41, 5.74) is 6.22. The smallest absolute Gasteiger partial charge is 0.182 e. The van der Waals surface area contributed by atoms with Crippen LogP contribution in [0.5, 0.6) is 0 Å². The quantitative estimate of drug-likeness (QED) is 0.860. The zero-order valence-corrected chi connectivity index (χ0v) is 11.3. The fraction of sp³-hybridized carbons (Fsp3) is 0.462. The van der Waals surface area contributed by atoms with Gasteiger partial charge in [0.15, 0.2) is 5.82 Å². The van der Waals surface area contributed by atoms with Crippen LogP contribution in [-0.4, -0.2) is 20.2 Å². The minimum atomic E-state index is -0.455. The Morgan fingerprint density at radius 3 is 2.68 bits per heavy atom. The van der Waals surface area contributed by atoms with E-state index in [2.05, 4.69) is 36.3 Å². The van der Waals surface area contributed by atoms with Crippen molar-refractivity contribution in [2.24, 2.45) is 11.8 Å². The summed E-state index contributed by atoms with van der Waals surface area (Å²) in [5.74, 6) is 1.07. The molecule has 2 N–H and O–H groups in total. The predicted molar refractivity (Wildman–Crippen MR) is 71.6 cm³/mol. The number of halogens is 1. The fourth-order valence-corrected chi connectivity index (χ4v) is 1.68. The number of hydrogen-bond donors (Lipinski definition) is 1. The lowest BCUT2D eigenvalue weighted by molar-refractivity contribution is 0.347. The second kappa shape index (κ2) is 5.34. The van der Waals surface area contributed by atoms with Crippen LogP contribution < -0.4 is 5.73 Å². The van der Waals surface area contributed by atoms with Crippen molar-refractivity contribution in [3.05, 3.63) is 24.0 Å². The van der Waals surface area contributed by atoms with E-state index in [1.807, 2.05) is 0 Å². The summed E-state index contributed by atoms with van der Waals surface area (Å²) in [4.78, 5) is 0. The second-order valence-corrected chi connectivity index (χ2v) is 5.14. The topological polar surface area (TPSA) is 69.6 Å². The average Bonchev–Trinajstić information content (AvgIpc) is 2.80. The zero-order valence-electron chi connectivity index (χ0n) is 11.3. The molecule has 2 rings (SSSR count). The number of tetrazole rings is 1. The summed E-state index contributed by atoms with van der Waals surface area (Å²) in [6.45, 7) is 7.14. The standard InChI is InChI=1S/C13H18FN5/c1-8(2)9(3)7-19-13(16-17-18-19)10-4-5-12(15)11(14)6-10/h4-6,8-9H,7,15H2,1-3H3. The van der Waals surface area contributed by atoms with Gasteiger partial charge in [0, 0.05) is 12.1 Å². The number of rotatable bonds is 4. The summed E-state index contributed by atoms with van der Waals surface area (Å²) in [5, 5.41) is 11.6. The molecule has 5 nitrogen and oxygen atoms in total. The van der Waals surface area contributed by atoms with E-state index in [1.54, 1.807) is 10.7 Å². The van der Waals surface area contributed by atoms with E-state index in [1.165, 1.54) is 12.1 Å². The summed E-state index contributed by atoms with van der Waals surface area (Å²) in [6, 6.07) is 4.60. The van der Waals surface area contributed by atoms with Crippen molar-refractivity contribution in [2.45, 2.75) is 27.3 Å². The zero-order chi connectivity index (χ0) is 14.0. The molecule has 0 aliphatic rings. The first-order valence-corrected chi connectivity index (χ1v) is 6.30. The molecule has 0 aliphatic carbocycles. The molecular formula is C13H18FN5. The van der Waals surface area contributed by atoms with Gasteiger partial charge in [-0.1, -0.05) is 20.8 Å². The van der Waals surface area contributed by atoms with Crippen molar-refractivity contribution < 1.29 is 4.39 Å². The maximum atomic E-state index is 13.5. The molecule has 19 heavy (non-hydrogen) atoms. The number of nitrogens with two attached hydrogens (primary N) is 1.